The molecular formula is C14H13N3OS2. The molecule has 0 spiro atoms. The first-order chi connectivity index (χ1) is 9.70. The third-order valence-electron chi connectivity index (χ3n) is 3.06. The van der Waals surface area contributed by atoms with Gasteiger partial charge < -0.3 is 10.3 Å². The Bertz CT molecular complexity index is 787. The standard InChI is InChI=1S/C14H13N3OS2/c1-2-17-11(12-4-3-7-19-12)6-5-9(13(17)18)10-8-20-14(15)16-10/h3-8H,2H2,1H3,(H2,15,16). The Hall–Kier alpha value is -1.92. The molecule has 0 fully saturated rings. The summed E-state index contributed by atoms with van der Waals surface area (Å²) < 4.78 is 1.77. The zero-order valence-corrected chi connectivity index (χ0v) is 12.5. The molecule has 0 bridgehead atoms. The molecule has 0 aromatic carbocycles. The predicted molar refractivity (Wildman–Crippen MR) is 85.2 cm³/mol. The molecule has 20 heavy (non-hydrogen) atoms. The lowest BCUT2D eigenvalue weighted by Gasteiger charge is -2.10. The highest BCUT2D eigenvalue weighted by atomic mass is 32.1. The summed E-state index contributed by atoms with van der Waals surface area (Å²) in [5.41, 5.74) is 7.81. The smallest absolute Gasteiger partial charge is 0.260 e. The maximum Gasteiger partial charge on any atom is 0.260 e. The first-order valence-electron chi connectivity index (χ1n) is 6.19. The van der Waals surface area contributed by atoms with E-state index in [9.17, 15) is 4.79 Å². The molecule has 0 radical (unpaired) electrons. The second-order valence-electron chi connectivity index (χ2n) is 4.23. The number of nitrogen functional groups attached to an aromatic ring is 1. The fourth-order valence-corrected chi connectivity index (χ4v) is 3.46. The highest BCUT2D eigenvalue weighted by Gasteiger charge is 2.13. The summed E-state index contributed by atoms with van der Waals surface area (Å²) in [6, 6.07) is 7.81. The van der Waals surface area contributed by atoms with Crippen LogP contribution in [0.3, 0.4) is 0 Å². The molecule has 0 aliphatic carbocycles. The van der Waals surface area contributed by atoms with E-state index < -0.39 is 0 Å². The van der Waals surface area contributed by atoms with Crippen LogP contribution in [0.4, 0.5) is 5.13 Å². The van der Waals surface area contributed by atoms with Gasteiger partial charge in [-0.25, -0.2) is 4.98 Å². The topological polar surface area (TPSA) is 60.9 Å². The van der Waals surface area contributed by atoms with Crippen molar-refractivity contribution in [2.45, 2.75) is 13.5 Å². The Labute approximate surface area is 124 Å². The molecular weight excluding hydrogens is 290 g/mol. The van der Waals surface area contributed by atoms with Crippen molar-refractivity contribution in [3.05, 3.63) is 45.4 Å². The summed E-state index contributed by atoms with van der Waals surface area (Å²) in [6.45, 7) is 2.59. The van der Waals surface area contributed by atoms with Gasteiger partial charge in [0.15, 0.2) is 5.13 Å². The van der Waals surface area contributed by atoms with Gasteiger partial charge in [-0.3, -0.25) is 4.79 Å². The zero-order chi connectivity index (χ0) is 14.1. The van der Waals surface area contributed by atoms with Gasteiger partial charge in [0.25, 0.3) is 5.56 Å². The van der Waals surface area contributed by atoms with E-state index in [1.807, 2.05) is 41.9 Å². The average molecular weight is 303 g/mol. The number of hydrogen-bond acceptors (Lipinski definition) is 5. The Balaban J connectivity index is 2.19. The van der Waals surface area contributed by atoms with Gasteiger partial charge >= 0.3 is 0 Å². The molecule has 0 amide bonds. The quantitative estimate of drug-likeness (QED) is 0.807. The van der Waals surface area contributed by atoms with E-state index in [1.54, 1.807) is 15.9 Å². The van der Waals surface area contributed by atoms with Gasteiger partial charge in [-0.15, -0.1) is 22.7 Å². The van der Waals surface area contributed by atoms with Crippen molar-refractivity contribution in [3.8, 4) is 21.8 Å². The van der Waals surface area contributed by atoms with Crippen molar-refractivity contribution in [2.75, 3.05) is 5.73 Å². The lowest BCUT2D eigenvalue weighted by molar-refractivity contribution is 0.738. The predicted octanol–water partition coefficient (Wildman–Crippen LogP) is 3.30. The maximum atomic E-state index is 12.6. The zero-order valence-electron chi connectivity index (χ0n) is 10.9. The van der Waals surface area contributed by atoms with E-state index in [-0.39, 0.29) is 5.56 Å². The van der Waals surface area contributed by atoms with E-state index in [2.05, 4.69) is 4.98 Å². The lowest BCUT2D eigenvalue weighted by Crippen LogP contribution is -2.22. The summed E-state index contributed by atoms with van der Waals surface area (Å²) in [4.78, 5) is 17.9. The molecule has 2 N–H and O–H groups in total. The summed E-state index contributed by atoms with van der Waals surface area (Å²) in [7, 11) is 0. The van der Waals surface area contributed by atoms with Crippen molar-refractivity contribution in [2.24, 2.45) is 0 Å². The second-order valence-corrected chi connectivity index (χ2v) is 6.07. The number of aromatic nitrogens is 2. The van der Waals surface area contributed by atoms with Crippen LogP contribution in [0.15, 0.2) is 39.8 Å². The fraction of sp³-hybridized carbons (Fsp3) is 0.143. The van der Waals surface area contributed by atoms with E-state index in [4.69, 9.17) is 5.73 Å². The normalized spacial score (nSPS) is 10.8. The van der Waals surface area contributed by atoms with Crippen molar-refractivity contribution in [1.82, 2.24) is 9.55 Å². The van der Waals surface area contributed by atoms with Gasteiger partial charge in [-0.2, -0.15) is 0 Å². The SMILES string of the molecule is CCn1c(-c2cccs2)ccc(-c2csc(N)n2)c1=O. The third-order valence-corrected chi connectivity index (χ3v) is 4.63. The largest absolute Gasteiger partial charge is 0.375 e. The van der Waals surface area contributed by atoms with Crippen molar-refractivity contribution >= 4 is 27.8 Å². The third kappa shape index (κ3) is 2.17. The minimum absolute atomic E-state index is 0.0244. The Morgan fingerprint density at radius 3 is 2.75 bits per heavy atom. The summed E-state index contributed by atoms with van der Waals surface area (Å²) in [6.07, 6.45) is 0. The van der Waals surface area contributed by atoms with E-state index in [0.717, 1.165) is 10.6 Å². The van der Waals surface area contributed by atoms with Crippen LogP contribution < -0.4 is 11.3 Å². The molecule has 0 atom stereocenters. The number of thiophene rings is 1. The molecule has 4 nitrogen and oxygen atoms in total. The number of nitrogens with two attached hydrogens (primary N) is 1. The summed E-state index contributed by atoms with van der Waals surface area (Å²) in [5.74, 6) is 0. The summed E-state index contributed by atoms with van der Waals surface area (Å²) >= 11 is 2.97. The van der Waals surface area contributed by atoms with Crippen LogP contribution >= 0.6 is 22.7 Å². The molecule has 3 aromatic heterocycles. The second kappa shape index (κ2) is 5.22. The molecule has 3 heterocycles. The van der Waals surface area contributed by atoms with Crippen LogP contribution in [0, 0.1) is 0 Å². The van der Waals surface area contributed by atoms with Crippen LogP contribution in [0.2, 0.25) is 0 Å². The molecule has 0 saturated carbocycles. The Morgan fingerprint density at radius 2 is 2.15 bits per heavy atom. The van der Waals surface area contributed by atoms with Crippen LogP contribution in [-0.4, -0.2) is 9.55 Å². The average Bonchev–Trinajstić information content (AvgIpc) is 3.09. The molecule has 3 aromatic rings. The van der Waals surface area contributed by atoms with Crippen molar-refractivity contribution in [3.63, 3.8) is 0 Å². The molecule has 3 rings (SSSR count). The van der Waals surface area contributed by atoms with E-state index in [1.165, 1.54) is 11.3 Å². The number of hydrogen-bond donors (Lipinski definition) is 1. The number of nitrogens with zero attached hydrogens (tertiary/aromatic N) is 2. The first-order valence-corrected chi connectivity index (χ1v) is 7.95. The van der Waals surface area contributed by atoms with Crippen LogP contribution in [0.25, 0.3) is 21.8 Å². The van der Waals surface area contributed by atoms with Crippen LogP contribution in [0.5, 0.6) is 0 Å². The van der Waals surface area contributed by atoms with Crippen molar-refractivity contribution < 1.29 is 0 Å². The number of thiazole rings is 1. The molecule has 6 heteroatoms. The Kier molecular flexibility index (Phi) is 3.42. The van der Waals surface area contributed by atoms with Crippen LogP contribution in [-0.2, 0) is 6.54 Å². The maximum absolute atomic E-state index is 12.6. The van der Waals surface area contributed by atoms with E-state index >= 15 is 0 Å². The first kappa shape index (κ1) is 13.1. The van der Waals surface area contributed by atoms with Gasteiger partial charge in [-0.05, 0) is 30.5 Å². The number of pyridine rings is 1. The fourth-order valence-electron chi connectivity index (χ4n) is 2.14. The van der Waals surface area contributed by atoms with Gasteiger partial charge in [0, 0.05) is 11.9 Å². The minimum atomic E-state index is -0.0244. The molecule has 0 aliphatic heterocycles. The highest BCUT2D eigenvalue weighted by Crippen LogP contribution is 2.26. The minimum Gasteiger partial charge on any atom is -0.375 e. The monoisotopic (exact) mass is 303 g/mol. The highest BCUT2D eigenvalue weighted by molar-refractivity contribution is 7.14. The van der Waals surface area contributed by atoms with Gasteiger partial charge in [-0.1, -0.05) is 6.07 Å². The number of anilines is 1. The molecule has 0 unspecified atom stereocenters. The van der Waals surface area contributed by atoms with Gasteiger partial charge in [0.2, 0.25) is 0 Å². The Morgan fingerprint density at radius 1 is 1.30 bits per heavy atom. The molecule has 102 valence electrons. The van der Waals surface area contributed by atoms with Crippen LogP contribution in [0.1, 0.15) is 6.92 Å². The van der Waals surface area contributed by atoms with Gasteiger partial charge in [0.1, 0.15) is 0 Å². The van der Waals surface area contributed by atoms with Crippen molar-refractivity contribution in [1.29, 1.82) is 0 Å². The van der Waals surface area contributed by atoms with E-state index in [0.29, 0.717) is 22.9 Å². The lowest BCUT2D eigenvalue weighted by atomic mass is 10.2. The molecule has 0 aliphatic rings. The van der Waals surface area contributed by atoms with Gasteiger partial charge in [0.05, 0.1) is 21.8 Å². The summed E-state index contributed by atoms with van der Waals surface area (Å²) in [5, 5.41) is 4.30. The molecule has 0 saturated heterocycles. The number of rotatable bonds is 3.